The molecule has 2 fully saturated rings. The molecule has 0 aliphatic heterocycles. The lowest BCUT2D eigenvalue weighted by Gasteiger charge is -2.25. The van der Waals surface area contributed by atoms with Gasteiger partial charge in [-0.2, -0.15) is 0 Å². The van der Waals surface area contributed by atoms with Crippen LogP contribution in [-0.2, 0) is 0 Å². The Morgan fingerprint density at radius 3 is 2.85 bits per heavy atom. The highest BCUT2D eigenvalue weighted by molar-refractivity contribution is 9.10. The predicted octanol–water partition coefficient (Wildman–Crippen LogP) is 4.71. The van der Waals surface area contributed by atoms with Crippen molar-refractivity contribution in [3.8, 4) is 5.75 Å². The average molecular weight is 339 g/mol. The minimum atomic E-state index is -0.404. The lowest BCUT2D eigenvalue weighted by atomic mass is 9.83. The van der Waals surface area contributed by atoms with Crippen LogP contribution in [0.2, 0.25) is 0 Å². The predicted molar refractivity (Wildman–Crippen MR) is 83.8 cm³/mol. The highest BCUT2D eigenvalue weighted by Gasteiger charge is 2.40. The monoisotopic (exact) mass is 338 g/mol. The van der Waals surface area contributed by atoms with Gasteiger partial charge in [0.05, 0.1) is 12.7 Å². The SMILES string of the molecule is CCOc1ccc(Br)cc1C(O)CC1CC2CCC1C2. The number of halogens is 1. The van der Waals surface area contributed by atoms with Crippen LogP contribution in [0.1, 0.15) is 50.7 Å². The third-order valence-electron chi connectivity index (χ3n) is 5.04. The largest absolute Gasteiger partial charge is 0.493 e. The maximum atomic E-state index is 10.6. The summed E-state index contributed by atoms with van der Waals surface area (Å²) in [6, 6.07) is 5.93. The summed E-state index contributed by atoms with van der Waals surface area (Å²) >= 11 is 3.49. The molecule has 110 valence electrons. The Morgan fingerprint density at radius 1 is 1.35 bits per heavy atom. The van der Waals surface area contributed by atoms with Gasteiger partial charge in [-0.25, -0.2) is 0 Å². The molecule has 0 aromatic heterocycles. The van der Waals surface area contributed by atoms with Gasteiger partial charge in [0.25, 0.3) is 0 Å². The van der Waals surface area contributed by atoms with Crippen LogP contribution in [0.25, 0.3) is 0 Å². The molecule has 4 unspecified atom stereocenters. The number of rotatable bonds is 5. The second kappa shape index (κ2) is 6.07. The number of hydrogen-bond acceptors (Lipinski definition) is 2. The molecule has 0 heterocycles. The Hall–Kier alpha value is -0.540. The van der Waals surface area contributed by atoms with E-state index in [0.717, 1.165) is 34.0 Å². The van der Waals surface area contributed by atoms with Gasteiger partial charge in [0, 0.05) is 10.0 Å². The number of benzene rings is 1. The fourth-order valence-corrected chi connectivity index (χ4v) is 4.52. The van der Waals surface area contributed by atoms with Crippen molar-refractivity contribution in [3.05, 3.63) is 28.2 Å². The molecule has 3 rings (SSSR count). The summed E-state index contributed by atoms with van der Waals surface area (Å²) in [5, 5.41) is 10.6. The lowest BCUT2D eigenvalue weighted by molar-refractivity contribution is 0.122. The zero-order chi connectivity index (χ0) is 14.1. The first-order valence-electron chi connectivity index (χ1n) is 7.77. The lowest BCUT2D eigenvalue weighted by Crippen LogP contribution is -2.15. The van der Waals surface area contributed by atoms with Crippen LogP contribution >= 0.6 is 15.9 Å². The summed E-state index contributed by atoms with van der Waals surface area (Å²) in [6.07, 6.45) is 5.99. The Morgan fingerprint density at radius 2 is 2.20 bits per heavy atom. The molecule has 2 nitrogen and oxygen atoms in total. The third kappa shape index (κ3) is 2.89. The fraction of sp³-hybridized carbons (Fsp3) is 0.647. The number of aliphatic hydroxyl groups excluding tert-OH is 1. The van der Waals surface area contributed by atoms with Gasteiger partial charge in [-0.3, -0.25) is 0 Å². The quantitative estimate of drug-likeness (QED) is 0.842. The molecule has 2 aliphatic rings. The first kappa shape index (κ1) is 14.4. The van der Waals surface area contributed by atoms with Gasteiger partial charge < -0.3 is 9.84 Å². The van der Waals surface area contributed by atoms with Gasteiger partial charge in [-0.05, 0) is 68.6 Å². The summed E-state index contributed by atoms with van der Waals surface area (Å²) in [5.74, 6) is 3.33. The standard InChI is InChI=1S/C17H23BrO2/c1-2-20-17-6-5-14(18)10-15(17)16(19)9-13-8-11-3-4-12(13)7-11/h5-6,10-13,16,19H,2-4,7-9H2,1H3. The molecule has 1 N–H and O–H groups in total. The van der Waals surface area contributed by atoms with E-state index in [0.29, 0.717) is 12.5 Å². The van der Waals surface area contributed by atoms with Crippen LogP contribution in [0, 0.1) is 17.8 Å². The van der Waals surface area contributed by atoms with E-state index in [1.807, 2.05) is 25.1 Å². The van der Waals surface area contributed by atoms with Gasteiger partial charge >= 0.3 is 0 Å². The molecule has 0 amide bonds. The van der Waals surface area contributed by atoms with E-state index >= 15 is 0 Å². The minimum absolute atomic E-state index is 0.404. The van der Waals surface area contributed by atoms with Gasteiger partial charge in [0.2, 0.25) is 0 Å². The van der Waals surface area contributed by atoms with Crippen molar-refractivity contribution in [1.82, 2.24) is 0 Å². The van der Waals surface area contributed by atoms with Gasteiger partial charge in [0.1, 0.15) is 5.75 Å². The zero-order valence-electron chi connectivity index (χ0n) is 12.0. The average Bonchev–Trinajstić information content (AvgIpc) is 3.03. The van der Waals surface area contributed by atoms with Crippen LogP contribution < -0.4 is 4.74 Å². The number of ether oxygens (including phenoxy) is 1. The molecule has 1 aromatic carbocycles. The van der Waals surface area contributed by atoms with E-state index in [1.54, 1.807) is 0 Å². The van der Waals surface area contributed by atoms with Crippen LogP contribution in [0.3, 0.4) is 0 Å². The fourth-order valence-electron chi connectivity index (χ4n) is 4.15. The number of hydrogen-bond donors (Lipinski definition) is 1. The molecule has 0 spiro atoms. The van der Waals surface area contributed by atoms with Crippen molar-refractivity contribution in [2.45, 2.75) is 45.1 Å². The molecule has 2 saturated carbocycles. The third-order valence-corrected chi connectivity index (χ3v) is 5.53. The van der Waals surface area contributed by atoms with Crippen molar-refractivity contribution in [2.75, 3.05) is 6.61 Å². The van der Waals surface area contributed by atoms with Crippen molar-refractivity contribution in [2.24, 2.45) is 17.8 Å². The number of fused-ring (bicyclic) bond motifs is 2. The molecule has 4 atom stereocenters. The highest BCUT2D eigenvalue weighted by Crippen LogP contribution is 2.51. The van der Waals surface area contributed by atoms with E-state index in [2.05, 4.69) is 15.9 Å². The Bertz CT molecular complexity index is 474. The van der Waals surface area contributed by atoms with Gasteiger partial charge in [-0.1, -0.05) is 22.4 Å². The summed E-state index contributed by atoms with van der Waals surface area (Å²) in [7, 11) is 0. The summed E-state index contributed by atoms with van der Waals surface area (Å²) in [4.78, 5) is 0. The van der Waals surface area contributed by atoms with Crippen molar-refractivity contribution < 1.29 is 9.84 Å². The highest BCUT2D eigenvalue weighted by atomic mass is 79.9. The summed E-state index contributed by atoms with van der Waals surface area (Å²) < 4.78 is 6.66. The Labute approximate surface area is 129 Å². The van der Waals surface area contributed by atoms with E-state index < -0.39 is 6.10 Å². The van der Waals surface area contributed by atoms with Crippen LogP contribution in [0.5, 0.6) is 5.75 Å². The van der Waals surface area contributed by atoms with E-state index in [4.69, 9.17) is 4.74 Å². The molecule has 0 radical (unpaired) electrons. The molecule has 0 saturated heterocycles. The van der Waals surface area contributed by atoms with Crippen LogP contribution in [0.15, 0.2) is 22.7 Å². The molecule has 2 bridgehead atoms. The van der Waals surface area contributed by atoms with Crippen molar-refractivity contribution >= 4 is 15.9 Å². The second-order valence-electron chi connectivity index (χ2n) is 6.30. The van der Waals surface area contributed by atoms with E-state index in [1.165, 1.54) is 25.7 Å². The Kier molecular flexibility index (Phi) is 4.37. The molecule has 1 aromatic rings. The second-order valence-corrected chi connectivity index (χ2v) is 7.22. The zero-order valence-corrected chi connectivity index (χ0v) is 13.6. The molecule has 2 aliphatic carbocycles. The van der Waals surface area contributed by atoms with Crippen LogP contribution in [0.4, 0.5) is 0 Å². The maximum Gasteiger partial charge on any atom is 0.125 e. The van der Waals surface area contributed by atoms with Gasteiger partial charge in [0.15, 0.2) is 0 Å². The normalized spacial score (nSPS) is 29.6. The van der Waals surface area contributed by atoms with E-state index in [-0.39, 0.29) is 0 Å². The number of aliphatic hydroxyl groups is 1. The smallest absolute Gasteiger partial charge is 0.125 e. The first-order chi connectivity index (χ1) is 9.67. The van der Waals surface area contributed by atoms with Crippen molar-refractivity contribution in [1.29, 1.82) is 0 Å². The molecule has 20 heavy (non-hydrogen) atoms. The summed E-state index contributed by atoms with van der Waals surface area (Å²) in [6.45, 7) is 2.61. The first-order valence-corrected chi connectivity index (χ1v) is 8.57. The topological polar surface area (TPSA) is 29.5 Å². The Balaban J connectivity index is 1.72. The summed E-state index contributed by atoms with van der Waals surface area (Å²) in [5.41, 5.74) is 0.934. The molecular weight excluding hydrogens is 316 g/mol. The minimum Gasteiger partial charge on any atom is -0.493 e. The van der Waals surface area contributed by atoms with E-state index in [9.17, 15) is 5.11 Å². The maximum absolute atomic E-state index is 10.6. The van der Waals surface area contributed by atoms with Crippen LogP contribution in [-0.4, -0.2) is 11.7 Å². The van der Waals surface area contributed by atoms with Crippen molar-refractivity contribution in [3.63, 3.8) is 0 Å². The molecule has 3 heteroatoms. The van der Waals surface area contributed by atoms with Gasteiger partial charge in [-0.15, -0.1) is 0 Å². The molecular formula is C17H23BrO2.